The van der Waals surface area contributed by atoms with Crippen molar-refractivity contribution in [1.29, 1.82) is 0 Å². The van der Waals surface area contributed by atoms with Gasteiger partial charge in [0.2, 0.25) is 0 Å². The summed E-state index contributed by atoms with van der Waals surface area (Å²) in [5.74, 6) is 0. The summed E-state index contributed by atoms with van der Waals surface area (Å²) in [4.78, 5) is 5.97. The first kappa shape index (κ1) is 5.47. The molecule has 0 saturated heterocycles. The van der Waals surface area contributed by atoms with Crippen LogP contribution in [0.1, 0.15) is 0 Å². The minimum atomic E-state index is -3.20. The van der Waals surface area contributed by atoms with E-state index in [1.54, 1.807) is 0 Å². The SMILES string of the molecule is O=[SeH](=O)c1ncc[nH]1. The molecule has 0 unspecified atom stereocenters. The van der Waals surface area contributed by atoms with Gasteiger partial charge in [0.15, 0.2) is 0 Å². The van der Waals surface area contributed by atoms with Gasteiger partial charge in [0.1, 0.15) is 0 Å². The predicted molar refractivity (Wildman–Crippen MR) is 26.7 cm³/mol. The van der Waals surface area contributed by atoms with Crippen molar-refractivity contribution >= 4 is 18.5 Å². The third-order valence-corrected chi connectivity index (χ3v) is 1.90. The summed E-state index contributed by atoms with van der Waals surface area (Å²) < 4.78 is 20.3. The van der Waals surface area contributed by atoms with E-state index in [-0.39, 0.29) is 4.72 Å². The number of rotatable bonds is 1. The summed E-state index contributed by atoms with van der Waals surface area (Å²) >= 11 is -3.20. The Morgan fingerprint density at radius 2 is 2.38 bits per heavy atom. The number of aromatic amines is 1. The molecule has 4 nitrogen and oxygen atoms in total. The molecule has 1 heterocycles. The Bertz CT molecular complexity index is 217. The molecule has 0 spiro atoms. The van der Waals surface area contributed by atoms with E-state index in [1.807, 2.05) is 0 Å². The summed E-state index contributed by atoms with van der Waals surface area (Å²) in [5.41, 5.74) is 0. The van der Waals surface area contributed by atoms with Crippen LogP contribution in [0.3, 0.4) is 0 Å². The molecule has 44 valence electrons. The van der Waals surface area contributed by atoms with Crippen LogP contribution in [0.25, 0.3) is 0 Å². The Morgan fingerprint density at radius 3 is 2.62 bits per heavy atom. The zero-order chi connectivity index (χ0) is 5.98. The van der Waals surface area contributed by atoms with Gasteiger partial charge in [-0.05, 0) is 0 Å². The first-order chi connectivity index (χ1) is 3.80. The Morgan fingerprint density at radius 1 is 1.62 bits per heavy atom. The van der Waals surface area contributed by atoms with Crippen LogP contribution in [0.4, 0.5) is 0 Å². The van der Waals surface area contributed by atoms with Crippen LogP contribution in [0.2, 0.25) is 0 Å². The van der Waals surface area contributed by atoms with E-state index in [9.17, 15) is 7.67 Å². The number of nitrogens with one attached hydrogen (secondary N) is 1. The average molecular weight is 179 g/mol. The molecule has 0 aliphatic rings. The van der Waals surface area contributed by atoms with Gasteiger partial charge in [-0.2, -0.15) is 0 Å². The number of hydrogen-bond acceptors (Lipinski definition) is 3. The molecule has 0 atom stereocenters. The summed E-state index contributed by atoms with van der Waals surface area (Å²) in [7, 11) is 0. The Labute approximate surface area is 49.2 Å². The quantitative estimate of drug-likeness (QED) is 0.545. The molecule has 1 N–H and O–H groups in total. The first-order valence-electron chi connectivity index (χ1n) is 1.94. The predicted octanol–water partition coefficient (Wildman–Crippen LogP) is -1.30. The van der Waals surface area contributed by atoms with Gasteiger partial charge in [0.05, 0.1) is 0 Å². The van der Waals surface area contributed by atoms with Crippen LogP contribution in [0.15, 0.2) is 12.4 Å². The van der Waals surface area contributed by atoms with E-state index >= 15 is 0 Å². The molecule has 0 radical (unpaired) electrons. The van der Waals surface area contributed by atoms with Crippen LogP contribution in [0, 0.1) is 0 Å². The van der Waals surface area contributed by atoms with Gasteiger partial charge in [-0.3, -0.25) is 0 Å². The zero-order valence-electron chi connectivity index (χ0n) is 3.87. The molecule has 1 aromatic heterocycles. The number of nitrogens with zero attached hydrogens (tertiary/aromatic N) is 1. The molecule has 0 aliphatic carbocycles. The fraction of sp³-hybridized carbons (Fsp3) is 0. The van der Waals surface area contributed by atoms with Crippen molar-refractivity contribution < 1.29 is 7.67 Å². The third kappa shape index (κ3) is 0.936. The second kappa shape index (κ2) is 2.07. The number of hydrogen-bond donors (Lipinski definition) is 1. The molecule has 0 aliphatic heterocycles. The van der Waals surface area contributed by atoms with E-state index in [0.717, 1.165) is 0 Å². The van der Waals surface area contributed by atoms with Crippen LogP contribution in [0.5, 0.6) is 0 Å². The van der Waals surface area contributed by atoms with Gasteiger partial charge in [-0.15, -0.1) is 0 Å². The van der Waals surface area contributed by atoms with Crippen molar-refractivity contribution in [2.45, 2.75) is 0 Å². The van der Waals surface area contributed by atoms with Crippen LogP contribution >= 0.6 is 0 Å². The molecule has 0 bridgehead atoms. The van der Waals surface area contributed by atoms with Gasteiger partial charge in [-0.1, -0.05) is 0 Å². The number of aromatic nitrogens is 2. The van der Waals surface area contributed by atoms with Gasteiger partial charge in [-0.25, -0.2) is 0 Å². The summed E-state index contributed by atoms with van der Waals surface area (Å²) in [6, 6.07) is 0. The van der Waals surface area contributed by atoms with E-state index < -0.39 is 13.8 Å². The standard InChI is InChI=1S/C3H4N2O2Se/c6-8(7)3-4-1-2-5-3/h1-2,8H,(H,4,5). The minimum absolute atomic E-state index is 0.0949. The van der Waals surface area contributed by atoms with Gasteiger partial charge >= 0.3 is 48.5 Å². The fourth-order valence-corrected chi connectivity index (χ4v) is 1.07. The molecular weight excluding hydrogens is 175 g/mol. The molecule has 0 saturated carbocycles. The van der Waals surface area contributed by atoms with Crippen LogP contribution in [-0.2, 0) is 7.67 Å². The zero-order valence-corrected chi connectivity index (χ0v) is 5.74. The molecule has 0 amide bonds. The maximum atomic E-state index is 10.1. The van der Waals surface area contributed by atoms with Gasteiger partial charge in [0.25, 0.3) is 0 Å². The fourth-order valence-electron chi connectivity index (χ4n) is 0.357. The Balaban J connectivity index is 3.11. The molecule has 1 aromatic rings. The summed E-state index contributed by atoms with van der Waals surface area (Å²) in [6.45, 7) is 0. The molecular formula is C3H4N2O2Se. The van der Waals surface area contributed by atoms with E-state index in [4.69, 9.17) is 0 Å². The first-order valence-corrected chi connectivity index (χ1v) is 4.41. The van der Waals surface area contributed by atoms with Crippen molar-refractivity contribution in [1.82, 2.24) is 9.97 Å². The number of imidazole rings is 1. The summed E-state index contributed by atoms with van der Waals surface area (Å²) in [6.07, 6.45) is 2.89. The van der Waals surface area contributed by atoms with Crippen molar-refractivity contribution in [2.24, 2.45) is 0 Å². The Hall–Kier alpha value is -0.671. The molecule has 5 heteroatoms. The van der Waals surface area contributed by atoms with Crippen LogP contribution in [-0.4, -0.2) is 23.7 Å². The Kier molecular flexibility index (Phi) is 1.41. The summed E-state index contributed by atoms with van der Waals surface area (Å²) in [5, 5.41) is 0. The van der Waals surface area contributed by atoms with E-state index in [0.29, 0.717) is 0 Å². The second-order valence-corrected chi connectivity index (χ2v) is 3.14. The molecule has 0 aromatic carbocycles. The van der Waals surface area contributed by atoms with Gasteiger partial charge < -0.3 is 0 Å². The topological polar surface area (TPSA) is 62.8 Å². The van der Waals surface area contributed by atoms with E-state index in [2.05, 4.69) is 9.97 Å². The molecule has 1 rings (SSSR count). The average Bonchev–Trinajstić information content (AvgIpc) is 2.12. The molecule has 0 fully saturated rings. The molecule has 8 heavy (non-hydrogen) atoms. The second-order valence-electron chi connectivity index (χ2n) is 1.17. The van der Waals surface area contributed by atoms with Crippen molar-refractivity contribution in [3.63, 3.8) is 0 Å². The van der Waals surface area contributed by atoms with E-state index in [1.165, 1.54) is 12.4 Å². The normalized spacial score (nSPS) is 10.1. The van der Waals surface area contributed by atoms with Gasteiger partial charge in [0, 0.05) is 0 Å². The van der Waals surface area contributed by atoms with Crippen molar-refractivity contribution in [3.05, 3.63) is 12.4 Å². The van der Waals surface area contributed by atoms with Crippen LogP contribution < -0.4 is 4.72 Å². The number of H-pyrrole nitrogens is 1. The maximum absolute atomic E-state index is 10.1. The third-order valence-electron chi connectivity index (χ3n) is 0.657. The van der Waals surface area contributed by atoms with Crippen molar-refractivity contribution in [2.75, 3.05) is 0 Å². The van der Waals surface area contributed by atoms with Crippen molar-refractivity contribution in [3.8, 4) is 0 Å². The monoisotopic (exact) mass is 180 g/mol.